The van der Waals surface area contributed by atoms with Crippen LogP contribution in [0.4, 0.5) is 5.82 Å². The number of hydrogen-bond donors (Lipinski definition) is 2. The molecule has 2 heterocycles. The summed E-state index contributed by atoms with van der Waals surface area (Å²) in [6.07, 6.45) is 1.76. The van der Waals surface area contributed by atoms with Crippen LogP contribution in [-0.4, -0.2) is 51.8 Å². The molecule has 0 radical (unpaired) electrons. The monoisotopic (exact) mass is 667 g/mol. The van der Waals surface area contributed by atoms with Gasteiger partial charge in [0.15, 0.2) is 17.4 Å². The fraction of sp³-hybridized carbons (Fsp3) is 0.270. The van der Waals surface area contributed by atoms with Gasteiger partial charge in [0.2, 0.25) is 0 Å². The van der Waals surface area contributed by atoms with Gasteiger partial charge in [-0.05, 0) is 29.3 Å². The Hall–Kier alpha value is -5.16. The largest absolute Gasteiger partial charge is 0.496 e. The molecule has 0 spiro atoms. The van der Waals surface area contributed by atoms with E-state index in [0.717, 1.165) is 34.4 Å². The average molecular weight is 668 g/mol. The molecule has 1 aliphatic heterocycles. The smallest absolute Gasteiger partial charge is 0.408 e. The maximum absolute atomic E-state index is 12.0. The summed E-state index contributed by atoms with van der Waals surface area (Å²) in [6.45, 7) is 9.69. The van der Waals surface area contributed by atoms with E-state index >= 15 is 0 Å². The molecule has 4 aromatic carbocycles. The topological polar surface area (TPSA) is 124 Å². The molecule has 1 aliphatic rings. The molecule has 0 unspecified atom stereocenters. The first-order valence-corrected chi connectivity index (χ1v) is 16.9. The van der Waals surface area contributed by atoms with Crippen molar-refractivity contribution in [2.24, 2.45) is 4.99 Å². The van der Waals surface area contributed by atoms with Gasteiger partial charge < -0.3 is 19.0 Å². The number of fused-ring (bicyclic) bond motifs is 2. The van der Waals surface area contributed by atoms with Crippen molar-refractivity contribution in [2.45, 2.75) is 38.5 Å². The Morgan fingerprint density at radius 3 is 2.04 bits per heavy atom. The maximum atomic E-state index is 12.0. The zero-order valence-corrected chi connectivity index (χ0v) is 28.8. The minimum Gasteiger partial charge on any atom is -0.496 e. The molecule has 250 valence electrons. The van der Waals surface area contributed by atoms with Crippen molar-refractivity contribution in [1.29, 1.82) is 0 Å². The van der Waals surface area contributed by atoms with Crippen LogP contribution in [0.3, 0.4) is 0 Å². The maximum Gasteiger partial charge on any atom is 0.408 e. The fourth-order valence-corrected chi connectivity index (χ4v) is 6.18. The van der Waals surface area contributed by atoms with E-state index in [1.807, 2.05) is 54.6 Å². The second-order valence-electron chi connectivity index (χ2n) is 12.6. The number of aromatic nitrogens is 2. The number of aliphatic imine (C=N–C) groups is 1. The summed E-state index contributed by atoms with van der Waals surface area (Å²) in [5, 5.41) is 13.8. The normalized spacial score (nSPS) is 14.5. The molecule has 1 aromatic heterocycles. The van der Waals surface area contributed by atoms with Gasteiger partial charge in [0, 0.05) is 22.8 Å². The standard InChI is InChI=1S/C19H21N3O.C18H20N2O4S/c1-19(2,15-9-5-4-6-10-15)13-20-18-17-14(12-21-22-18)8-7-11-16(17)23-3;1-18(2,13-8-5-4-6-9-13)12-19-17-16-14(23-3)10-7-11-15(16)24-25(21,22)20-17/h4-12H,13H2,1-3H3,(H,20,22);4-11H,12H2,1-3H3,(H,19,20). The number of rotatable bonds is 9. The van der Waals surface area contributed by atoms with Crippen molar-refractivity contribution < 1.29 is 22.1 Å². The lowest BCUT2D eigenvalue weighted by Crippen LogP contribution is -2.40. The lowest BCUT2D eigenvalue weighted by molar-refractivity contribution is 0.408. The van der Waals surface area contributed by atoms with Crippen LogP contribution in [0.5, 0.6) is 17.2 Å². The van der Waals surface area contributed by atoms with Gasteiger partial charge >= 0.3 is 10.3 Å². The summed E-state index contributed by atoms with van der Waals surface area (Å²) in [5.41, 5.74) is 2.62. The first-order chi connectivity index (χ1) is 22.9. The molecule has 0 saturated heterocycles. The third-order valence-corrected chi connectivity index (χ3v) is 9.02. The van der Waals surface area contributed by atoms with Crippen LogP contribution in [0.25, 0.3) is 10.8 Å². The predicted molar refractivity (Wildman–Crippen MR) is 191 cm³/mol. The number of anilines is 1. The van der Waals surface area contributed by atoms with E-state index in [2.05, 4.69) is 77.2 Å². The van der Waals surface area contributed by atoms with E-state index in [9.17, 15) is 8.42 Å². The Kier molecular flexibility index (Phi) is 10.2. The third-order valence-electron chi connectivity index (χ3n) is 8.18. The van der Waals surface area contributed by atoms with Crippen LogP contribution in [0.2, 0.25) is 0 Å². The summed E-state index contributed by atoms with van der Waals surface area (Å²) in [6, 6.07) is 31.3. The molecule has 5 aromatic rings. The van der Waals surface area contributed by atoms with E-state index in [1.54, 1.807) is 31.5 Å². The molecule has 0 amide bonds. The number of benzene rings is 4. The summed E-state index contributed by atoms with van der Waals surface area (Å²) in [5.74, 6) is 2.48. The second kappa shape index (κ2) is 14.3. The highest BCUT2D eigenvalue weighted by molar-refractivity contribution is 7.85. The number of methoxy groups -OCH3 is 2. The van der Waals surface area contributed by atoms with Gasteiger partial charge in [0.25, 0.3) is 0 Å². The molecule has 0 fully saturated rings. The van der Waals surface area contributed by atoms with Gasteiger partial charge in [-0.3, -0.25) is 4.99 Å². The molecule has 10 nitrogen and oxygen atoms in total. The first-order valence-electron chi connectivity index (χ1n) is 15.5. The Bertz CT molecular complexity index is 1990. The average Bonchev–Trinajstić information content (AvgIpc) is 3.09. The summed E-state index contributed by atoms with van der Waals surface area (Å²) < 4.78 is 42.1. The molecule has 2 N–H and O–H groups in total. The Balaban J connectivity index is 0.000000188. The van der Waals surface area contributed by atoms with Crippen molar-refractivity contribution >= 4 is 32.7 Å². The van der Waals surface area contributed by atoms with Crippen molar-refractivity contribution in [3.8, 4) is 17.2 Å². The zero-order valence-electron chi connectivity index (χ0n) is 28.0. The van der Waals surface area contributed by atoms with Crippen LogP contribution in [0.1, 0.15) is 44.4 Å². The van der Waals surface area contributed by atoms with Gasteiger partial charge in [-0.1, -0.05) is 107 Å². The molecule has 0 aliphatic carbocycles. The van der Waals surface area contributed by atoms with E-state index in [0.29, 0.717) is 17.9 Å². The minimum absolute atomic E-state index is 0.0207. The lowest BCUT2D eigenvalue weighted by Gasteiger charge is -2.26. The summed E-state index contributed by atoms with van der Waals surface area (Å²) in [7, 11) is -0.747. The minimum atomic E-state index is -3.94. The number of hydrogen-bond acceptors (Lipinski definition) is 9. The van der Waals surface area contributed by atoms with Gasteiger partial charge in [-0.2, -0.15) is 13.5 Å². The number of amidine groups is 1. The molecule has 0 bridgehead atoms. The van der Waals surface area contributed by atoms with Crippen molar-refractivity contribution in [3.05, 3.63) is 120 Å². The van der Waals surface area contributed by atoms with Gasteiger partial charge in [0.1, 0.15) is 17.1 Å². The molecule has 6 rings (SSSR count). The second-order valence-corrected chi connectivity index (χ2v) is 13.9. The number of nitrogens with one attached hydrogen (secondary N) is 2. The van der Waals surface area contributed by atoms with Gasteiger partial charge in [-0.25, -0.2) is 4.72 Å². The Labute approximate surface area is 282 Å². The Morgan fingerprint density at radius 2 is 1.40 bits per heavy atom. The van der Waals surface area contributed by atoms with Gasteiger partial charge in [0.05, 0.1) is 32.3 Å². The predicted octanol–water partition coefficient (Wildman–Crippen LogP) is 6.67. The highest BCUT2D eigenvalue weighted by Gasteiger charge is 2.31. The quantitative estimate of drug-likeness (QED) is 0.179. The fourth-order valence-electron chi connectivity index (χ4n) is 5.36. The molecule has 11 heteroatoms. The lowest BCUT2D eigenvalue weighted by atomic mass is 9.84. The molecular formula is C37H41N5O5S. The highest BCUT2D eigenvalue weighted by Crippen LogP contribution is 2.34. The zero-order chi connectivity index (χ0) is 34.4. The van der Waals surface area contributed by atoms with Crippen LogP contribution < -0.4 is 23.7 Å². The highest BCUT2D eigenvalue weighted by atomic mass is 32.2. The van der Waals surface area contributed by atoms with E-state index in [1.165, 1.54) is 12.7 Å². The number of ether oxygens (including phenoxy) is 2. The SMILES string of the molecule is COc1cccc2c1C(=NCC(C)(C)c1ccccc1)NS(=O)(=O)O2.COc1cccc2cnnc(NCC(C)(C)c3ccccc3)c12. The molecule has 0 atom stereocenters. The van der Waals surface area contributed by atoms with Crippen molar-refractivity contribution in [2.75, 3.05) is 32.6 Å². The van der Waals surface area contributed by atoms with Crippen LogP contribution in [0, 0.1) is 0 Å². The molecule has 48 heavy (non-hydrogen) atoms. The molecular weight excluding hydrogens is 627 g/mol. The third kappa shape index (κ3) is 7.86. The van der Waals surface area contributed by atoms with E-state index < -0.39 is 10.3 Å². The van der Waals surface area contributed by atoms with Crippen LogP contribution in [0.15, 0.2) is 108 Å². The first kappa shape index (κ1) is 34.2. The van der Waals surface area contributed by atoms with Gasteiger partial charge in [-0.15, -0.1) is 5.10 Å². The van der Waals surface area contributed by atoms with Crippen LogP contribution >= 0.6 is 0 Å². The van der Waals surface area contributed by atoms with E-state index in [4.69, 9.17) is 13.7 Å². The Morgan fingerprint density at radius 1 is 0.792 bits per heavy atom. The van der Waals surface area contributed by atoms with Crippen LogP contribution in [-0.2, 0) is 21.1 Å². The van der Waals surface area contributed by atoms with Crippen molar-refractivity contribution in [1.82, 2.24) is 14.9 Å². The summed E-state index contributed by atoms with van der Waals surface area (Å²) >= 11 is 0. The van der Waals surface area contributed by atoms with Crippen molar-refractivity contribution in [3.63, 3.8) is 0 Å². The van der Waals surface area contributed by atoms with E-state index in [-0.39, 0.29) is 22.4 Å². The molecule has 0 saturated carbocycles. The summed E-state index contributed by atoms with van der Waals surface area (Å²) in [4.78, 5) is 4.54. The number of nitrogens with zero attached hydrogens (tertiary/aromatic N) is 3.